The molecule has 2 heterocycles. The van der Waals surface area contributed by atoms with Crippen LogP contribution >= 0.6 is 0 Å². The second kappa shape index (κ2) is 10.5. The molecule has 2 N–H and O–H groups in total. The summed E-state index contributed by atoms with van der Waals surface area (Å²) in [4.78, 5) is 17.0. The first-order chi connectivity index (χ1) is 14.8. The van der Waals surface area contributed by atoms with Crippen molar-refractivity contribution in [3.8, 4) is 5.75 Å². The first-order valence-electron chi connectivity index (χ1n) is 11.0. The molecule has 2 amide bonds. The Morgan fingerprint density at radius 2 is 1.67 bits per heavy atom. The van der Waals surface area contributed by atoms with Crippen LogP contribution in [0.15, 0.2) is 48.5 Å². The van der Waals surface area contributed by atoms with E-state index in [9.17, 15) is 4.79 Å². The van der Waals surface area contributed by atoms with Crippen LogP contribution in [0.4, 0.5) is 4.79 Å². The topological polar surface area (TPSA) is 56.8 Å². The Morgan fingerprint density at radius 1 is 0.900 bits per heavy atom. The third kappa shape index (κ3) is 5.97. The Kier molecular flexibility index (Phi) is 7.21. The summed E-state index contributed by atoms with van der Waals surface area (Å²) in [5, 5.41) is 5.95. The molecule has 0 bridgehead atoms. The molecule has 1 saturated heterocycles. The molecule has 0 radical (unpaired) electrons. The molecule has 4 rings (SSSR count). The van der Waals surface area contributed by atoms with Crippen LogP contribution in [-0.4, -0.2) is 68.3 Å². The van der Waals surface area contributed by atoms with E-state index in [0.717, 1.165) is 64.5 Å². The lowest BCUT2D eigenvalue weighted by Gasteiger charge is -2.34. The number of benzene rings is 2. The van der Waals surface area contributed by atoms with Gasteiger partial charge in [0.2, 0.25) is 0 Å². The fraction of sp³-hybridized carbons (Fsp3) is 0.458. The minimum atomic E-state index is -0.0813. The molecule has 0 atom stereocenters. The molecule has 2 aromatic carbocycles. The minimum absolute atomic E-state index is 0.0813. The van der Waals surface area contributed by atoms with Crippen LogP contribution in [0.3, 0.4) is 0 Å². The maximum atomic E-state index is 12.0. The standard InChI is InChI=1S/C24H32N4O2/c29-24(25-10-8-20-6-7-23-22(18-20)9-17-30-23)26-11-12-27-13-15-28(16-14-27)19-21-4-2-1-3-5-21/h1-7,18H,8-17,19H2,(H2,25,26,29). The van der Waals surface area contributed by atoms with Crippen molar-refractivity contribution in [2.75, 3.05) is 52.4 Å². The number of hydrogen-bond donors (Lipinski definition) is 2. The van der Waals surface area contributed by atoms with E-state index in [1.54, 1.807) is 0 Å². The van der Waals surface area contributed by atoms with Crippen molar-refractivity contribution in [1.82, 2.24) is 20.4 Å². The van der Waals surface area contributed by atoms with Crippen LogP contribution in [0.5, 0.6) is 5.75 Å². The number of nitrogens with one attached hydrogen (secondary N) is 2. The predicted octanol–water partition coefficient (Wildman–Crippen LogP) is 2.28. The second-order valence-electron chi connectivity index (χ2n) is 8.08. The summed E-state index contributed by atoms with van der Waals surface area (Å²) in [5.41, 5.74) is 3.89. The van der Waals surface area contributed by atoms with Crippen LogP contribution in [0, 0.1) is 0 Å². The van der Waals surface area contributed by atoms with Crippen LogP contribution in [0.25, 0.3) is 0 Å². The number of urea groups is 1. The van der Waals surface area contributed by atoms with E-state index in [0.29, 0.717) is 13.1 Å². The van der Waals surface area contributed by atoms with E-state index in [1.807, 2.05) is 6.07 Å². The van der Waals surface area contributed by atoms with Crippen molar-refractivity contribution >= 4 is 6.03 Å². The van der Waals surface area contributed by atoms with Gasteiger partial charge in [-0.1, -0.05) is 42.5 Å². The molecule has 30 heavy (non-hydrogen) atoms. The first kappa shape index (κ1) is 20.7. The smallest absolute Gasteiger partial charge is 0.314 e. The summed E-state index contributed by atoms with van der Waals surface area (Å²) in [5.74, 6) is 1.00. The average Bonchev–Trinajstić information content (AvgIpc) is 3.24. The first-order valence-corrected chi connectivity index (χ1v) is 11.0. The molecule has 1 fully saturated rings. The zero-order chi connectivity index (χ0) is 20.6. The van der Waals surface area contributed by atoms with Gasteiger partial charge in [0.1, 0.15) is 5.75 Å². The Balaban J connectivity index is 1.07. The van der Waals surface area contributed by atoms with Gasteiger partial charge in [-0.25, -0.2) is 4.79 Å². The number of amides is 2. The van der Waals surface area contributed by atoms with E-state index < -0.39 is 0 Å². The van der Waals surface area contributed by atoms with Gasteiger partial charge in [-0.05, 0) is 29.2 Å². The summed E-state index contributed by atoms with van der Waals surface area (Å²) in [6.45, 7) is 8.28. The molecule has 160 valence electrons. The fourth-order valence-corrected chi connectivity index (χ4v) is 4.12. The van der Waals surface area contributed by atoms with Crippen molar-refractivity contribution in [2.45, 2.75) is 19.4 Å². The number of rotatable bonds is 8. The maximum absolute atomic E-state index is 12.0. The third-order valence-corrected chi connectivity index (χ3v) is 5.88. The normalized spacial score (nSPS) is 16.7. The molecule has 0 spiro atoms. The Hall–Kier alpha value is -2.57. The van der Waals surface area contributed by atoms with Crippen LogP contribution in [0.1, 0.15) is 16.7 Å². The van der Waals surface area contributed by atoms with Crippen LogP contribution in [-0.2, 0) is 19.4 Å². The lowest BCUT2D eigenvalue weighted by Crippen LogP contribution is -2.48. The highest BCUT2D eigenvalue weighted by Crippen LogP contribution is 2.25. The van der Waals surface area contributed by atoms with Gasteiger partial charge < -0.3 is 15.4 Å². The highest BCUT2D eigenvalue weighted by Gasteiger charge is 2.17. The number of nitrogens with zero attached hydrogens (tertiary/aromatic N) is 2. The molecule has 6 heteroatoms. The van der Waals surface area contributed by atoms with E-state index in [4.69, 9.17) is 4.74 Å². The highest BCUT2D eigenvalue weighted by molar-refractivity contribution is 5.73. The quantitative estimate of drug-likeness (QED) is 0.704. The lowest BCUT2D eigenvalue weighted by molar-refractivity contribution is 0.128. The molecule has 0 aliphatic carbocycles. The van der Waals surface area contributed by atoms with Crippen molar-refractivity contribution in [2.24, 2.45) is 0 Å². The number of piperazine rings is 1. The highest BCUT2D eigenvalue weighted by atomic mass is 16.5. The summed E-state index contributed by atoms with van der Waals surface area (Å²) < 4.78 is 5.54. The largest absolute Gasteiger partial charge is 0.493 e. The zero-order valence-electron chi connectivity index (χ0n) is 17.6. The van der Waals surface area contributed by atoms with E-state index in [2.05, 4.69) is 62.9 Å². The molecule has 0 aromatic heterocycles. The molecular formula is C24H32N4O2. The van der Waals surface area contributed by atoms with Gasteiger partial charge in [0.25, 0.3) is 0 Å². The lowest BCUT2D eigenvalue weighted by atomic mass is 10.1. The number of hydrogen-bond acceptors (Lipinski definition) is 4. The molecular weight excluding hydrogens is 376 g/mol. The van der Waals surface area contributed by atoms with Crippen molar-refractivity contribution in [1.29, 1.82) is 0 Å². The second-order valence-corrected chi connectivity index (χ2v) is 8.08. The molecule has 2 aliphatic heterocycles. The number of ether oxygens (including phenoxy) is 1. The molecule has 2 aromatic rings. The van der Waals surface area contributed by atoms with Crippen molar-refractivity contribution in [3.05, 3.63) is 65.2 Å². The number of fused-ring (bicyclic) bond motifs is 1. The van der Waals surface area contributed by atoms with Crippen molar-refractivity contribution < 1.29 is 9.53 Å². The average molecular weight is 409 g/mol. The minimum Gasteiger partial charge on any atom is -0.493 e. The molecule has 6 nitrogen and oxygen atoms in total. The van der Waals surface area contributed by atoms with Gasteiger partial charge in [0, 0.05) is 58.8 Å². The van der Waals surface area contributed by atoms with Crippen molar-refractivity contribution in [3.63, 3.8) is 0 Å². The van der Waals surface area contributed by atoms with Gasteiger partial charge in [-0.15, -0.1) is 0 Å². The summed E-state index contributed by atoms with van der Waals surface area (Å²) in [7, 11) is 0. The molecule has 2 aliphatic rings. The zero-order valence-corrected chi connectivity index (χ0v) is 17.6. The monoisotopic (exact) mass is 408 g/mol. The maximum Gasteiger partial charge on any atom is 0.314 e. The number of carbonyl (C=O) groups is 1. The SMILES string of the molecule is O=C(NCCc1ccc2c(c1)CCO2)NCCN1CCN(Cc2ccccc2)CC1. The Morgan fingerprint density at radius 3 is 2.50 bits per heavy atom. The van der Waals surface area contributed by atoms with Crippen LogP contribution in [0.2, 0.25) is 0 Å². The summed E-state index contributed by atoms with van der Waals surface area (Å²) >= 11 is 0. The van der Waals surface area contributed by atoms with E-state index in [1.165, 1.54) is 16.7 Å². The Labute approximate surface area is 179 Å². The van der Waals surface area contributed by atoms with Gasteiger partial charge in [0.15, 0.2) is 0 Å². The third-order valence-electron chi connectivity index (χ3n) is 5.88. The fourth-order valence-electron chi connectivity index (χ4n) is 4.12. The van der Waals surface area contributed by atoms with Gasteiger partial charge in [-0.2, -0.15) is 0 Å². The summed E-state index contributed by atoms with van der Waals surface area (Å²) in [6.07, 6.45) is 1.82. The number of carbonyl (C=O) groups excluding carboxylic acids is 1. The van der Waals surface area contributed by atoms with E-state index in [-0.39, 0.29) is 6.03 Å². The molecule has 0 saturated carbocycles. The molecule has 0 unspecified atom stereocenters. The van der Waals surface area contributed by atoms with Crippen LogP contribution < -0.4 is 15.4 Å². The summed E-state index contributed by atoms with van der Waals surface area (Å²) in [6, 6.07) is 16.9. The van der Waals surface area contributed by atoms with Gasteiger partial charge >= 0.3 is 6.03 Å². The van der Waals surface area contributed by atoms with Gasteiger partial charge in [-0.3, -0.25) is 9.80 Å². The van der Waals surface area contributed by atoms with Gasteiger partial charge in [0.05, 0.1) is 6.61 Å². The predicted molar refractivity (Wildman–Crippen MR) is 119 cm³/mol. The Bertz CT molecular complexity index is 819. The van der Waals surface area contributed by atoms with E-state index >= 15 is 0 Å².